The van der Waals surface area contributed by atoms with Crippen LogP contribution in [-0.4, -0.2) is 61.9 Å². The van der Waals surface area contributed by atoms with E-state index in [4.69, 9.17) is 9.47 Å². The van der Waals surface area contributed by atoms with Gasteiger partial charge in [-0.25, -0.2) is 0 Å². The zero-order valence-electron chi connectivity index (χ0n) is 16.3. The molecule has 0 heterocycles. The van der Waals surface area contributed by atoms with Gasteiger partial charge in [-0.3, -0.25) is 10.2 Å². The number of hydrogen-bond acceptors (Lipinski definition) is 4. The average molecular weight is 484 g/mol. The van der Waals surface area contributed by atoms with Crippen molar-refractivity contribution in [1.29, 1.82) is 0 Å². The molecule has 0 fully saturated rings. The summed E-state index contributed by atoms with van der Waals surface area (Å²) < 4.78 is 11.7. The zero-order chi connectivity index (χ0) is 18.9. The number of ether oxygens (including phenoxy) is 2. The lowest BCUT2D eigenvalue weighted by Crippen LogP contribution is -2.36. The van der Waals surface area contributed by atoms with Crippen molar-refractivity contribution in [3.8, 4) is 0 Å². The molecule has 0 radical (unpaired) electrons. The number of nitrogens with one attached hydrogen (secondary N) is 1. The van der Waals surface area contributed by atoms with E-state index in [-0.39, 0.29) is 6.23 Å². The first kappa shape index (κ1) is 25.3. The van der Waals surface area contributed by atoms with Crippen LogP contribution in [0.2, 0.25) is 0 Å². The predicted octanol–water partition coefficient (Wildman–Crippen LogP) is 4.70. The Bertz CT molecular complexity index is 372. The number of nitrogens with zero attached hydrogens (tertiary/aromatic N) is 1. The number of halogens is 2. The van der Waals surface area contributed by atoms with Gasteiger partial charge >= 0.3 is 0 Å². The highest BCUT2D eigenvalue weighted by atomic mass is 79.9. The molecule has 0 aliphatic rings. The fourth-order valence-electron chi connectivity index (χ4n) is 2.17. The third kappa shape index (κ3) is 16.2. The zero-order valence-corrected chi connectivity index (χ0v) is 19.5. The molecule has 1 atom stereocenters. The summed E-state index contributed by atoms with van der Waals surface area (Å²) in [5.74, 6) is 0. The monoisotopic (exact) mass is 482 g/mol. The highest BCUT2D eigenvalue weighted by Gasteiger charge is 2.14. The number of alkyl halides is 2. The molecule has 0 aliphatic carbocycles. The van der Waals surface area contributed by atoms with E-state index in [1.165, 1.54) is 11.1 Å². The van der Waals surface area contributed by atoms with Crippen LogP contribution in [0.25, 0.3) is 0 Å². The topological polar surface area (TPSA) is 33.7 Å². The van der Waals surface area contributed by atoms with E-state index >= 15 is 0 Å². The molecule has 0 aliphatic heterocycles. The van der Waals surface area contributed by atoms with E-state index in [1.807, 2.05) is 0 Å². The SMILES string of the molecule is CC(C)=CCC/C(C)=C/COC(CCOCNCCBr)N(C)CCBr. The van der Waals surface area contributed by atoms with Crippen LogP contribution >= 0.6 is 31.9 Å². The first-order valence-electron chi connectivity index (χ1n) is 9.02. The van der Waals surface area contributed by atoms with Crippen LogP contribution in [0.4, 0.5) is 0 Å². The largest absolute Gasteiger partial charge is 0.366 e. The molecule has 4 nitrogen and oxygen atoms in total. The Morgan fingerprint density at radius 3 is 2.56 bits per heavy atom. The maximum Gasteiger partial charge on any atom is 0.113 e. The van der Waals surface area contributed by atoms with Crippen molar-refractivity contribution in [2.24, 2.45) is 0 Å². The van der Waals surface area contributed by atoms with E-state index in [2.05, 4.69) is 82.0 Å². The quantitative estimate of drug-likeness (QED) is 0.149. The Balaban J connectivity index is 4.18. The van der Waals surface area contributed by atoms with Crippen molar-refractivity contribution in [2.75, 3.05) is 50.7 Å². The van der Waals surface area contributed by atoms with Gasteiger partial charge in [-0.15, -0.1) is 0 Å². The molecule has 0 amide bonds. The van der Waals surface area contributed by atoms with Crippen molar-refractivity contribution >= 4 is 31.9 Å². The highest BCUT2D eigenvalue weighted by Crippen LogP contribution is 2.09. The molecule has 25 heavy (non-hydrogen) atoms. The lowest BCUT2D eigenvalue weighted by atomic mass is 10.1. The minimum absolute atomic E-state index is 0.0792. The standard InChI is InChI=1S/C19H36Br2N2O2/c1-17(2)6-5-7-18(3)8-15-25-19(23(4)13-11-21)9-14-24-16-22-12-10-20/h6,8,19,22H,5,7,9-16H2,1-4H3/b18-8+. The third-order valence-electron chi connectivity index (χ3n) is 3.73. The van der Waals surface area contributed by atoms with Crippen LogP contribution in [0.5, 0.6) is 0 Å². The third-order valence-corrected chi connectivity index (χ3v) is 4.48. The molecular weight excluding hydrogens is 448 g/mol. The first-order chi connectivity index (χ1) is 12.0. The van der Waals surface area contributed by atoms with Crippen LogP contribution in [0.15, 0.2) is 23.3 Å². The van der Waals surface area contributed by atoms with Crippen molar-refractivity contribution in [1.82, 2.24) is 10.2 Å². The van der Waals surface area contributed by atoms with Crippen LogP contribution in [0.1, 0.15) is 40.0 Å². The molecule has 1 unspecified atom stereocenters. The smallest absolute Gasteiger partial charge is 0.113 e. The summed E-state index contributed by atoms with van der Waals surface area (Å²) in [5.41, 5.74) is 2.76. The minimum Gasteiger partial charge on any atom is -0.366 e. The number of allylic oxidation sites excluding steroid dienone is 3. The van der Waals surface area contributed by atoms with Crippen molar-refractivity contribution in [3.05, 3.63) is 23.3 Å². The molecule has 0 rings (SSSR count). The van der Waals surface area contributed by atoms with Gasteiger partial charge in [0.25, 0.3) is 0 Å². The fraction of sp³-hybridized carbons (Fsp3) is 0.789. The number of rotatable bonds is 16. The van der Waals surface area contributed by atoms with Gasteiger partial charge < -0.3 is 9.47 Å². The van der Waals surface area contributed by atoms with Gasteiger partial charge in [0.05, 0.1) is 19.9 Å². The predicted molar refractivity (Wildman–Crippen MR) is 116 cm³/mol. The van der Waals surface area contributed by atoms with E-state index in [9.17, 15) is 0 Å². The normalized spacial score (nSPS) is 13.3. The molecule has 0 spiro atoms. The van der Waals surface area contributed by atoms with Gasteiger partial charge in [0.2, 0.25) is 0 Å². The Morgan fingerprint density at radius 1 is 1.16 bits per heavy atom. The van der Waals surface area contributed by atoms with Crippen LogP contribution in [0, 0.1) is 0 Å². The fourth-order valence-corrected chi connectivity index (χ4v) is 3.01. The van der Waals surface area contributed by atoms with Crippen molar-refractivity contribution in [3.63, 3.8) is 0 Å². The second kappa shape index (κ2) is 17.7. The maximum absolute atomic E-state index is 6.09. The first-order valence-corrected chi connectivity index (χ1v) is 11.3. The lowest BCUT2D eigenvalue weighted by Gasteiger charge is -2.27. The summed E-state index contributed by atoms with van der Waals surface area (Å²) >= 11 is 6.88. The highest BCUT2D eigenvalue weighted by molar-refractivity contribution is 9.09. The van der Waals surface area contributed by atoms with Gasteiger partial charge in [0.1, 0.15) is 6.23 Å². The van der Waals surface area contributed by atoms with E-state index in [0.29, 0.717) is 19.9 Å². The summed E-state index contributed by atoms with van der Waals surface area (Å²) in [6.45, 7) is 10.3. The number of hydrogen-bond donors (Lipinski definition) is 1. The Labute approximate surface area is 171 Å². The van der Waals surface area contributed by atoms with Crippen molar-refractivity contribution in [2.45, 2.75) is 46.3 Å². The lowest BCUT2D eigenvalue weighted by molar-refractivity contribution is -0.0529. The average Bonchev–Trinajstić information content (AvgIpc) is 2.56. The molecule has 0 aromatic rings. The molecule has 0 saturated carbocycles. The maximum atomic E-state index is 6.09. The second-order valence-electron chi connectivity index (χ2n) is 6.36. The molecule has 0 bridgehead atoms. The van der Waals surface area contributed by atoms with E-state index in [1.54, 1.807) is 0 Å². The van der Waals surface area contributed by atoms with Gasteiger partial charge in [-0.2, -0.15) is 0 Å². The Morgan fingerprint density at radius 2 is 1.92 bits per heavy atom. The summed E-state index contributed by atoms with van der Waals surface area (Å²) in [5, 5.41) is 5.08. The molecule has 6 heteroatoms. The van der Waals surface area contributed by atoms with Crippen molar-refractivity contribution < 1.29 is 9.47 Å². The van der Waals surface area contributed by atoms with Gasteiger partial charge in [0, 0.05) is 30.2 Å². The second-order valence-corrected chi connectivity index (χ2v) is 7.94. The minimum atomic E-state index is 0.0792. The molecule has 0 aromatic carbocycles. The van der Waals surface area contributed by atoms with E-state index < -0.39 is 0 Å². The van der Waals surface area contributed by atoms with Gasteiger partial charge in [0.15, 0.2) is 0 Å². The molecule has 1 N–H and O–H groups in total. The van der Waals surface area contributed by atoms with E-state index in [0.717, 1.165) is 43.0 Å². The summed E-state index contributed by atoms with van der Waals surface area (Å²) in [4.78, 5) is 2.23. The Hall–Kier alpha value is 0.280. The Kier molecular flexibility index (Phi) is 17.9. The van der Waals surface area contributed by atoms with Crippen LogP contribution in [0.3, 0.4) is 0 Å². The van der Waals surface area contributed by atoms with Crippen LogP contribution in [-0.2, 0) is 9.47 Å². The molecule has 148 valence electrons. The summed E-state index contributed by atoms with van der Waals surface area (Å²) in [6, 6.07) is 0. The van der Waals surface area contributed by atoms with Gasteiger partial charge in [-0.1, -0.05) is 55.2 Å². The summed E-state index contributed by atoms with van der Waals surface area (Å²) in [7, 11) is 2.10. The van der Waals surface area contributed by atoms with Crippen LogP contribution < -0.4 is 5.32 Å². The molecule has 0 saturated heterocycles. The summed E-state index contributed by atoms with van der Waals surface area (Å²) in [6.07, 6.45) is 7.63. The van der Waals surface area contributed by atoms with Gasteiger partial charge in [-0.05, 0) is 40.7 Å². The molecule has 0 aromatic heterocycles. The molecular formula is C19H36Br2N2O2.